The molecule has 2 saturated heterocycles. The maximum absolute atomic E-state index is 12.2. The molecule has 2 N–H and O–H groups in total. The van der Waals surface area contributed by atoms with Crippen molar-refractivity contribution in [3.63, 3.8) is 0 Å². The molecule has 0 aromatic heterocycles. The van der Waals surface area contributed by atoms with Gasteiger partial charge in [0, 0.05) is 32.7 Å². The number of carbonyl (C=O) groups is 1. The minimum atomic E-state index is 0.00403. The number of nitrogens with zero attached hydrogens (tertiary/aromatic N) is 1. The number of piperidine rings is 1. The van der Waals surface area contributed by atoms with E-state index in [-0.39, 0.29) is 6.04 Å². The zero-order valence-electron chi connectivity index (χ0n) is 10.2. The summed E-state index contributed by atoms with van der Waals surface area (Å²) in [7, 11) is 0. The van der Waals surface area contributed by atoms with Crippen molar-refractivity contribution in [2.75, 3.05) is 32.7 Å². The molecular weight excluding hydrogens is 202 g/mol. The van der Waals surface area contributed by atoms with E-state index in [0.29, 0.717) is 11.8 Å². The first-order valence-electron chi connectivity index (χ1n) is 6.54. The second-order valence-electron chi connectivity index (χ2n) is 4.91. The third-order valence-electron chi connectivity index (χ3n) is 3.75. The van der Waals surface area contributed by atoms with Crippen LogP contribution in [0.1, 0.15) is 26.2 Å². The van der Waals surface area contributed by atoms with E-state index in [4.69, 9.17) is 0 Å². The van der Waals surface area contributed by atoms with Gasteiger partial charge in [-0.05, 0) is 18.8 Å². The SMILES string of the molecule is CCC1CCCN(C(=O)C2CNCCN2)C1. The highest BCUT2D eigenvalue weighted by Gasteiger charge is 2.28. The topological polar surface area (TPSA) is 44.4 Å². The minimum absolute atomic E-state index is 0.00403. The highest BCUT2D eigenvalue weighted by atomic mass is 16.2. The van der Waals surface area contributed by atoms with E-state index < -0.39 is 0 Å². The van der Waals surface area contributed by atoms with Crippen molar-refractivity contribution in [2.45, 2.75) is 32.2 Å². The van der Waals surface area contributed by atoms with Gasteiger partial charge in [-0.15, -0.1) is 0 Å². The number of rotatable bonds is 2. The van der Waals surface area contributed by atoms with E-state index in [0.717, 1.165) is 32.7 Å². The Hall–Kier alpha value is -0.610. The smallest absolute Gasteiger partial charge is 0.241 e. The van der Waals surface area contributed by atoms with Crippen LogP contribution in [0.2, 0.25) is 0 Å². The Kier molecular flexibility index (Phi) is 4.18. The number of carbonyl (C=O) groups excluding carboxylic acids is 1. The molecule has 2 atom stereocenters. The van der Waals surface area contributed by atoms with Crippen LogP contribution in [0.4, 0.5) is 0 Å². The fourth-order valence-electron chi connectivity index (χ4n) is 2.65. The average molecular weight is 225 g/mol. The van der Waals surface area contributed by atoms with Crippen LogP contribution in [0.15, 0.2) is 0 Å². The summed E-state index contributed by atoms with van der Waals surface area (Å²) in [6.07, 6.45) is 3.65. The van der Waals surface area contributed by atoms with Gasteiger partial charge in [0.2, 0.25) is 5.91 Å². The molecule has 0 aromatic carbocycles. The van der Waals surface area contributed by atoms with Crippen LogP contribution in [0.5, 0.6) is 0 Å². The van der Waals surface area contributed by atoms with Crippen LogP contribution in [0.3, 0.4) is 0 Å². The lowest BCUT2D eigenvalue weighted by Crippen LogP contribution is -2.57. The molecule has 2 aliphatic rings. The third kappa shape index (κ3) is 2.74. The predicted octanol–water partition coefficient (Wildman–Crippen LogP) is 0.196. The first-order chi connectivity index (χ1) is 7.81. The molecule has 4 nitrogen and oxygen atoms in total. The molecule has 2 fully saturated rings. The Balaban J connectivity index is 1.87. The fourth-order valence-corrected chi connectivity index (χ4v) is 2.65. The summed E-state index contributed by atoms with van der Waals surface area (Å²) in [6.45, 7) is 6.80. The summed E-state index contributed by atoms with van der Waals surface area (Å²) >= 11 is 0. The molecule has 0 saturated carbocycles. The van der Waals surface area contributed by atoms with Gasteiger partial charge in [0.15, 0.2) is 0 Å². The molecule has 4 heteroatoms. The zero-order valence-corrected chi connectivity index (χ0v) is 10.2. The van der Waals surface area contributed by atoms with E-state index in [9.17, 15) is 4.79 Å². The van der Waals surface area contributed by atoms with Crippen LogP contribution < -0.4 is 10.6 Å². The highest BCUT2D eigenvalue weighted by Crippen LogP contribution is 2.19. The monoisotopic (exact) mass is 225 g/mol. The molecule has 0 spiro atoms. The third-order valence-corrected chi connectivity index (χ3v) is 3.75. The lowest BCUT2D eigenvalue weighted by Gasteiger charge is -2.36. The maximum Gasteiger partial charge on any atom is 0.241 e. The number of piperazine rings is 1. The van der Waals surface area contributed by atoms with Gasteiger partial charge < -0.3 is 15.5 Å². The molecule has 92 valence electrons. The molecule has 1 amide bonds. The lowest BCUT2D eigenvalue weighted by molar-refractivity contribution is -0.135. The predicted molar refractivity (Wildman–Crippen MR) is 64.3 cm³/mol. The van der Waals surface area contributed by atoms with Crippen molar-refractivity contribution in [3.05, 3.63) is 0 Å². The van der Waals surface area contributed by atoms with Gasteiger partial charge in [-0.2, -0.15) is 0 Å². The maximum atomic E-state index is 12.2. The normalized spacial score (nSPS) is 31.4. The van der Waals surface area contributed by atoms with Gasteiger partial charge in [-0.3, -0.25) is 4.79 Å². The van der Waals surface area contributed by atoms with Crippen molar-refractivity contribution < 1.29 is 4.79 Å². The number of likely N-dealkylation sites (tertiary alicyclic amines) is 1. The van der Waals surface area contributed by atoms with Crippen molar-refractivity contribution in [1.29, 1.82) is 0 Å². The van der Waals surface area contributed by atoms with Crippen molar-refractivity contribution in [2.24, 2.45) is 5.92 Å². The molecular formula is C12H23N3O. The average Bonchev–Trinajstić information content (AvgIpc) is 2.39. The Labute approximate surface area is 97.8 Å². The summed E-state index contributed by atoms with van der Waals surface area (Å²) in [5, 5.41) is 6.57. The molecule has 16 heavy (non-hydrogen) atoms. The van der Waals surface area contributed by atoms with Gasteiger partial charge >= 0.3 is 0 Å². The minimum Gasteiger partial charge on any atom is -0.341 e. The van der Waals surface area contributed by atoms with Crippen LogP contribution in [-0.2, 0) is 4.79 Å². The summed E-state index contributed by atoms with van der Waals surface area (Å²) in [4.78, 5) is 14.3. The van der Waals surface area contributed by atoms with Gasteiger partial charge in [-0.1, -0.05) is 13.3 Å². The fraction of sp³-hybridized carbons (Fsp3) is 0.917. The van der Waals surface area contributed by atoms with Gasteiger partial charge in [0.05, 0.1) is 6.04 Å². The Morgan fingerprint density at radius 2 is 2.31 bits per heavy atom. The Bertz CT molecular complexity index is 238. The Morgan fingerprint density at radius 1 is 1.44 bits per heavy atom. The van der Waals surface area contributed by atoms with Crippen LogP contribution in [0.25, 0.3) is 0 Å². The number of hydrogen-bond acceptors (Lipinski definition) is 3. The van der Waals surface area contributed by atoms with Crippen LogP contribution in [-0.4, -0.2) is 49.6 Å². The summed E-state index contributed by atoms with van der Waals surface area (Å²) in [5.41, 5.74) is 0. The lowest BCUT2D eigenvalue weighted by atomic mass is 9.95. The highest BCUT2D eigenvalue weighted by molar-refractivity contribution is 5.82. The van der Waals surface area contributed by atoms with E-state index in [1.54, 1.807) is 0 Å². The van der Waals surface area contributed by atoms with Gasteiger partial charge in [0.25, 0.3) is 0 Å². The molecule has 0 aliphatic carbocycles. The van der Waals surface area contributed by atoms with Crippen LogP contribution in [0, 0.1) is 5.92 Å². The molecule has 0 radical (unpaired) electrons. The van der Waals surface area contributed by atoms with Gasteiger partial charge in [-0.25, -0.2) is 0 Å². The first kappa shape index (κ1) is 11.9. The molecule has 2 heterocycles. The number of nitrogens with one attached hydrogen (secondary N) is 2. The van der Waals surface area contributed by atoms with E-state index in [1.807, 2.05) is 0 Å². The van der Waals surface area contributed by atoms with Crippen molar-refractivity contribution in [1.82, 2.24) is 15.5 Å². The second-order valence-corrected chi connectivity index (χ2v) is 4.91. The molecule has 2 aliphatic heterocycles. The van der Waals surface area contributed by atoms with Crippen molar-refractivity contribution in [3.8, 4) is 0 Å². The molecule has 2 unspecified atom stereocenters. The largest absolute Gasteiger partial charge is 0.341 e. The van der Waals surface area contributed by atoms with E-state index in [1.165, 1.54) is 19.3 Å². The number of hydrogen-bond donors (Lipinski definition) is 2. The van der Waals surface area contributed by atoms with E-state index >= 15 is 0 Å². The quantitative estimate of drug-likeness (QED) is 0.705. The summed E-state index contributed by atoms with van der Waals surface area (Å²) in [6, 6.07) is 0.00403. The summed E-state index contributed by atoms with van der Waals surface area (Å²) in [5.74, 6) is 1.01. The first-order valence-corrected chi connectivity index (χ1v) is 6.54. The zero-order chi connectivity index (χ0) is 11.4. The Morgan fingerprint density at radius 3 is 3.00 bits per heavy atom. The van der Waals surface area contributed by atoms with E-state index in [2.05, 4.69) is 22.5 Å². The molecule has 2 rings (SSSR count). The van der Waals surface area contributed by atoms with Gasteiger partial charge in [0.1, 0.15) is 0 Å². The van der Waals surface area contributed by atoms with Crippen LogP contribution >= 0.6 is 0 Å². The molecule has 0 aromatic rings. The number of amides is 1. The standard InChI is InChI=1S/C12H23N3O/c1-2-10-4-3-7-15(9-10)12(16)11-8-13-5-6-14-11/h10-11,13-14H,2-9H2,1H3. The second kappa shape index (κ2) is 5.64. The molecule has 0 bridgehead atoms. The summed E-state index contributed by atoms with van der Waals surface area (Å²) < 4.78 is 0. The van der Waals surface area contributed by atoms with Crippen molar-refractivity contribution >= 4 is 5.91 Å².